The van der Waals surface area contributed by atoms with E-state index in [1.807, 2.05) is 0 Å². The van der Waals surface area contributed by atoms with Gasteiger partial charge >= 0.3 is 195 Å². The van der Waals surface area contributed by atoms with Crippen molar-refractivity contribution in [2.75, 3.05) is 0 Å². The van der Waals surface area contributed by atoms with Gasteiger partial charge in [0, 0.05) is 0 Å². The standard InChI is InChI=1S/C22H4F10Se2/c23-13-11(14(24)18(28)21(31)17(13)27)9-3-5-1-7-6(2-8(5)34-9)4-10(33-7)12-15(25)19(29)22(32)20(30)16(12)26/h1-4H. The molecule has 0 aliphatic carbocycles. The summed E-state index contributed by atoms with van der Waals surface area (Å²) in [4.78, 5) is 0. The molecule has 0 saturated carbocycles. The fourth-order valence-electron chi connectivity index (χ4n) is 3.46. The van der Waals surface area contributed by atoms with Gasteiger partial charge in [-0.3, -0.25) is 0 Å². The van der Waals surface area contributed by atoms with Crippen molar-refractivity contribution in [1.82, 2.24) is 0 Å². The van der Waals surface area contributed by atoms with Crippen molar-refractivity contribution < 1.29 is 43.9 Å². The summed E-state index contributed by atoms with van der Waals surface area (Å²) in [6.45, 7) is 0. The van der Waals surface area contributed by atoms with Gasteiger partial charge in [0.05, 0.1) is 0 Å². The van der Waals surface area contributed by atoms with E-state index < -0.39 is 98.3 Å². The molecule has 5 aromatic rings. The van der Waals surface area contributed by atoms with Crippen LogP contribution in [-0.2, 0) is 0 Å². The third kappa shape index (κ3) is 3.27. The third-order valence-corrected chi connectivity index (χ3v) is 9.75. The minimum absolute atomic E-state index is 0.101. The van der Waals surface area contributed by atoms with Crippen molar-refractivity contribution in [3.05, 3.63) is 82.4 Å². The summed E-state index contributed by atoms with van der Waals surface area (Å²) in [6.07, 6.45) is 0. The van der Waals surface area contributed by atoms with Crippen LogP contribution in [-0.4, -0.2) is 29.0 Å². The molecule has 2 heterocycles. The monoisotopic (exact) mass is 618 g/mol. The Labute approximate surface area is 194 Å². The van der Waals surface area contributed by atoms with Crippen LogP contribution in [0.5, 0.6) is 0 Å². The second kappa shape index (κ2) is 8.02. The van der Waals surface area contributed by atoms with E-state index in [1.165, 1.54) is 24.3 Å². The van der Waals surface area contributed by atoms with Gasteiger partial charge in [0.15, 0.2) is 0 Å². The Kier molecular flexibility index (Phi) is 5.48. The first-order valence-electron chi connectivity index (χ1n) is 9.02. The molecule has 0 radical (unpaired) electrons. The fraction of sp³-hybridized carbons (Fsp3) is 0. The van der Waals surface area contributed by atoms with E-state index in [4.69, 9.17) is 0 Å². The van der Waals surface area contributed by atoms with Crippen LogP contribution in [0.4, 0.5) is 43.9 Å². The van der Waals surface area contributed by atoms with Crippen LogP contribution in [0.15, 0.2) is 24.3 Å². The van der Waals surface area contributed by atoms with Crippen molar-refractivity contribution in [1.29, 1.82) is 0 Å². The van der Waals surface area contributed by atoms with E-state index in [-0.39, 0.29) is 8.87 Å². The average molecular weight is 616 g/mol. The van der Waals surface area contributed by atoms with Crippen LogP contribution in [0.25, 0.3) is 39.3 Å². The van der Waals surface area contributed by atoms with Crippen molar-refractivity contribution in [3.63, 3.8) is 0 Å². The summed E-state index contributed by atoms with van der Waals surface area (Å²) in [7, 11) is 0. The number of hydrogen-bond donors (Lipinski definition) is 0. The molecule has 174 valence electrons. The van der Waals surface area contributed by atoms with Crippen molar-refractivity contribution in [2.24, 2.45) is 0 Å². The summed E-state index contributed by atoms with van der Waals surface area (Å²) in [5, 5.41) is 0.790. The molecule has 0 nitrogen and oxygen atoms in total. The third-order valence-electron chi connectivity index (χ3n) is 5.07. The van der Waals surface area contributed by atoms with E-state index in [0.717, 1.165) is 0 Å². The van der Waals surface area contributed by atoms with Gasteiger partial charge in [-0.15, -0.1) is 0 Å². The second-order valence-corrected chi connectivity index (χ2v) is 11.6. The maximum atomic E-state index is 14.2. The summed E-state index contributed by atoms with van der Waals surface area (Å²) in [6, 6.07) is 5.50. The molecular formula is C22H4F10Se2. The van der Waals surface area contributed by atoms with E-state index in [0.29, 0.717) is 19.3 Å². The van der Waals surface area contributed by atoms with Crippen LogP contribution in [0, 0.1) is 58.2 Å². The molecule has 12 heteroatoms. The number of rotatable bonds is 2. The first-order valence-corrected chi connectivity index (χ1v) is 12.4. The molecule has 0 N–H and O–H groups in total. The van der Waals surface area contributed by atoms with Crippen molar-refractivity contribution >= 4 is 48.3 Å². The van der Waals surface area contributed by atoms with E-state index in [2.05, 4.69) is 0 Å². The summed E-state index contributed by atoms with van der Waals surface area (Å²) < 4.78 is 139. The molecule has 0 fully saturated rings. The normalized spacial score (nSPS) is 11.8. The molecular weight excluding hydrogens is 612 g/mol. The summed E-state index contributed by atoms with van der Waals surface area (Å²) in [5.41, 5.74) is -2.06. The number of hydrogen-bond acceptors (Lipinski definition) is 0. The van der Waals surface area contributed by atoms with Crippen LogP contribution < -0.4 is 0 Å². The van der Waals surface area contributed by atoms with Gasteiger partial charge in [0.2, 0.25) is 0 Å². The maximum absolute atomic E-state index is 14.2. The van der Waals surface area contributed by atoms with Crippen molar-refractivity contribution in [3.8, 4) is 20.0 Å². The number of halogens is 10. The van der Waals surface area contributed by atoms with Crippen LogP contribution in [0.3, 0.4) is 0 Å². The summed E-state index contributed by atoms with van der Waals surface area (Å²) >= 11 is -1.78. The molecule has 0 amide bonds. The quantitative estimate of drug-likeness (QED) is 0.0884. The Morgan fingerprint density at radius 1 is 0.353 bits per heavy atom. The molecule has 3 aromatic carbocycles. The molecule has 0 bridgehead atoms. The van der Waals surface area contributed by atoms with Crippen LogP contribution in [0.1, 0.15) is 0 Å². The van der Waals surface area contributed by atoms with Gasteiger partial charge < -0.3 is 0 Å². The molecule has 0 aliphatic rings. The average Bonchev–Trinajstić information content (AvgIpc) is 3.40. The molecule has 0 atom stereocenters. The zero-order valence-electron chi connectivity index (χ0n) is 15.9. The zero-order valence-corrected chi connectivity index (χ0v) is 19.3. The van der Waals surface area contributed by atoms with E-state index in [1.54, 1.807) is 0 Å². The Hall–Kier alpha value is -2.52. The van der Waals surface area contributed by atoms with Crippen LogP contribution in [0.2, 0.25) is 0 Å². The van der Waals surface area contributed by atoms with Crippen LogP contribution >= 0.6 is 0 Å². The predicted molar refractivity (Wildman–Crippen MR) is 106 cm³/mol. The van der Waals surface area contributed by atoms with Gasteiger partial charge in [0.1, 0.15) is 0 Å². The minimum atomic E-state index is -2.27. The molecule has 0 unspecified atom stereocenters. The second-order valence-electron chi connectivity index (χ2n) is 7.04. The number of benzene rings is 3. The Bertz CT molecular complexity index is 1440. The number of fused-ring (bicyclic) bond motifs is 2. The predicted octanol–water partition coefficient (Wildman–Crippen LogP) is 6.83. The van der Waals surface area contributed by atoms with Gasteiger partial charge in [-0.2, -0.15) is 0 Å². The van der Waals surface area contributed by atoms with Gasteiger partial charge in [-0.25, -0.2) is 0 Å². The Balaban J connectivity index is 1.68. The van der Waals surface area contributed by atoms with Crippen molar-refractivity contribution in [2.45, 2.75) is 0 Å². The first-order chi connectivity index (χ1) is 16.0. The Morgan fingerprint density at radius 3 is 0.912 bits per heavy atom. The molecule has 5 rings (SSSR count). The van der Waals surface area contributed by atoms with E-state index >= 15 is 0 Å². The molecule has 34 heavy (non-hydrogen) atoms. The van der Waals surface area contributed by atoms with Gasteiger partial charge in [-0.05, 0) is 0 Å². The topological polar surface area (TPSA) is 0 Å². The first kappa shape index (κ1) is 23.2. The molecule has 0 spiro atoms. The zero-order chi connectivity index (χ0) is 24.6. The molecule has 0 saturated heterocycles. The van der Waals surface area contributed by atoms with Gasteiger partial charge in [0.25, 0.3) is 0 Å². The SMILES string of the molecule is Fc1c(F)c(F)c(-c2cc3cc4[se]c(-c5c(F)c(F)c(F)c(F)c5F)cc4cc3[se]2)c(F)c1F. The Morgan fingerprint density at radius 2 is 0.618 bits per heavy atom. The van der Waals surface area contributed by atoms with Gasteiger partial charge in [-0.1, -0.05) is 0 Å². The fourth-order valence-corrected chi connectivity index (χ4v) is 8.18. The summed E-state index contributed by atoms with van der Waals surface area (Å²) in [5.74, 6) is -20.6. The van der Waals surface area contributed by atoms with E-state index in [9.17, 15) is 43.9 Å². The molecule has 2 aromatic heterocycles. The molecule has 0 aliphatic heterocycles.